The molecule has 1 aliphatic heterocycles. The van der Waals surface area contributed by atoms with Gasteiger partial charge in [-0.1, -0.05) is 19.3 Å². The van der Waals surface area contributed by atoms with Crippen molar-refractivity contribution in [2.45, 2.75) is 51.0 Å². The molecule has 1 aliphatic carbocycles. The van der Waals surface area contributed by atoms with E-state index in [0.29, 0.717) is 6.61 Å². The van der Waals surface area contributed by atoms with Crippen molar-refractivity contribution in [3.63, 3.8) is 0 Å². The van der Waals surface area contributed by atoms with E-state index in [9.17, 15) is 5.11 Å². The van der Waals surface area contributed by atoms with Gasteiger partial charge in [0.15, 0.2) is 0 Å². The predicted octanol–water partition coefficient (Wildman–Crippen LogP) is 1.96. The van der Waals surface area contributed by atoms with E-state index in [-0.39, 0.29) is 0 Å². The zero-order valence-corrected chi connectivity index (χ0v) is 12.0. The Labute approximate surface area is 112 Å². The van der Waals surface area contributed by atoms with Gasteiger partial charge < -0.3 is 10.0 Å². The first kappa shape index (κ1) is 14.3. The number of nitrogens with zero attached hydrogens (tertiary/aromatic N) is 2. The van der Waals surface area contributed by atoms with E-state index < -0.39 is 0 Å². The SMILES string of the molecule is CN1CCC(N(CCO)CC2CCCCC2)CC1. The van der Waals surface area contributed by atoms with E-state index in [4.69, 9.17) is 0 Å². The summed E-state index contributed by atoms with van der Waals surface area (Å²) in [5, 5.41) is 9.30. The summed E-state index contributed by atoms with van der Waals surface area (Å²) < 4.78 is 0. The fourth-order valence-corrected chi connectivity index (χ4v) is 3.61. The smallest absolute Gasteiger partial charge is 0.0558 e. The molecule has 2 rings (SSSR count). The van der Waals surface area contributed by atoms with Crippen molar-refractivity contribution >= 4 is 0 Å². The second-order valence-corrected chi connectivity index (χ2v) is 6.26. The second kappa shape index (κ2) is 7.46. The zero-order chi connectivity index (χ0) is 12.8. The van der Waals surface area contributed by atoms with Crippen LogP contribution in [0.1, 0.15) is 44.9 Å². The average molecular weight is 254 g/mol. The van der Waals surface area contributed by atoms with Crippen LogP contribution >= 0.6 is 0 Å². The number of piperidine rings is 1. The number of aliphatic hydroxyl groups excluding tert-OH is 1. The largest absolute Gasteiger partial charge is 0.395 e. The number of hydrogen-bond acceptors (Lipinski definition) is 3. The Kier molecular flexibility index (Phi) is 5.93. The van der Waals surface area contributed by atoms with Crippen molar-refractivity contribution < 1.29 is 5.11 Å². The van der Waals surface area contributed by atoms with Gasteiger partial charge in [0.05, 0.1) is 6.61 Å². The molecule has 0 radical (unpaired) electrons. The van der Waals surface area contributed by atoms with Gasteiger partial charge in [-0.2, -0.15) is 0 Å². The third-order valence-corrected chi connectivity index (χ3v) is 4.81. The fourth-order valence-electron chi connectivity index (χ4n) is 3.61. The summed E-state index contributed by atoms with van der Waals surface area (Å²) in [4.78, 5) is 5.01. The topological polar surface area (TPSA) is 26.7 Å². The summed E-state index contributed by atoms with van der Waals surface area (Å²) in [7, 11) is 2.22. The van der Waals surface area contributed by atoms with Gasteiger partial charge in [0, 0.05) is 19.1 Å². The van der Waals surface area contributed by atoms with Crippen LogP contribution in [0.3, 0.4) is 0 Å². The summed E-state index contributed by atoms with van der Waals surface area (Å²) in [6.07, 6.45) is 9.66. The Bertz CT molecular complexity index is 221. The minimum atomic E-state index is 0.319. The highest BCUT2D eigenvalue weighted by molar-refractivity contribution is 4.81. The van der Waals surface area contributed by atoms with Crippen LogP contribution in [0.25, 0.3) is 0 Å². The molecule has 3 heteroatoms. The standard InChI is InChI=1S/C15H30N2O/c1-16-9-7-15(8-10-16)17(11-12-18)13-14-5-3-2-4-6-14/h14-15,18H,2-13H2,1H3. The molecule has 2 aliphatic rings. The summed E-state index contributed by atoms with van der Waals surface area (Å²) in [6, 6.07) is 0.718. The fraction of sp³-hybridized carbons (Fsp3) is 1.00. The maximum atomic E-state index is 9.30. The third-order valence-electron chi connectivity index (χ3n) is 4.81. The highest BCUT2D eigenvalue weighted by Gasteiger charge is 2.25. The Hall–Kier alpha value is -0.120. The van der Waals surface area contributed by atoms with Gasteiger partial charge >= 0.3 is 0 Å². The Morgan fingerprint density at radius 3 is 2.33 bits per heavy atom. The van der Waals surface area contributed by atoms with Crippen molar-refractivity contribution in [1.29, 1.82) is 0 Å². The monoisotopic (exact) mass is 254 g/mol. The van der Waals surface area contributed by atoms with Gasteiger partial charge in [0.1, 0.15) is 0 Å². The Morgan fingerprint density at radius 2 is 1.72 bits per heavy atom. The van der Waals surface area contributed by atoms with Crippen molar-refractivity contribution in [3.8, 4) is 0 Å². The van der Waals surface area contributed by atoms with Crippen LogP contribution in [0.4, 0.5) is 0 Å². The van der Waals surface area contributed by atoms with Crippen LogP contribution in [-0.2, 0) is 0 Å². The van der Waals surface area contributed by atoms with Gasteiger partial charge in [-0.15, -0.1) is 0 Å². The molecule has 0 aromatic heterocycles. The minimum absolute atomic E-state index is 0.319. The molecule has 1 saturated heterocycles. The normalized spacial score (nSPS) is 24.8. The van der Waals surface area contributed by atoms with Crippen LogP contribution in [0, 0.1) is 5.92 Å². The molecule has 0 aromatic carbocycles. The second-order valence-electron chi connectivity index (χ2n) is 6.26. The van der Waals surface area contributed by atoms with Crippen LogP contribution in [0.15, 0.2) is 0 Å². The molecule has 3 nitrogen and oxygen atoms in total. The molecule has 1 N–H and O–H groups in total. The van der Waals surface area contributed by atoms with Gasteiger partial charge in [-0.05, 0) is 51.7 Å². The third kappa shape index (κ3) is 4.22. The van der Waals surface area contributed by atoms with Gasteiger partial charge in [-0.25, -0.2) is 0 Å². The molecule has 0 spiro atoms. The summed E-state index contributed by atoms with van der Waals surface area (Å²) in [5.41, 5.74) is 0. The van der Waals surface area contributed by atoms with Crippen molar-refractivity contribution in [2.75, 3.05) is 39.8 Å². The molecule has 1 saturated carbocycles. The first-order valence-electron chi connectivity index (χ1n) is 7.83. The first-order chi connectivity index (χ1) is 8.79. The van der Waals surface area contributed by atoms with E-state index in [1.165, 1.54) is 64.6 Å². The Morgan fingerprint density at radius 1 is 1.06 bits per heavy atom. The molecule has 2 fully saturated rings. The molecule has 0 bridgehead atoms. The lowest BCUT2D eigenvalue weighted by atomic mass is 9.88. The van der Waals surface area contributed by atoms with Crippen LogP contribution < -0.4 is 0 Å². The van der Waals surface area contributed by atoms with Crippen LogP contribution in [0.5, 0.6) is 0 Å². The molecule has 0 atom stereocenters. The van der Waals surface area contributed by atoms with E-state index in [0.717, 1.165) is 18.5 Å². The lowest BCUT2D eigenvalue weighted by Crippen LogP contribution is -2.46. The lowest BCUT2D eigenvalue weighted by molar-refractivity contribution is 0.0792. The molecular formula is C15H30N2O. The molecule has 0 amide bonds. The van der Waals surface area contributed by atoms with E-state index in [2.05, 4.69) is 16.8 Å². The maximum Gasteiger partial charge on any atom is 0.0558 e. The van der Waals surface area contributed by atoms with Crippen molar-refractivity contribution in [3.05, 3.63) is 0 Å². The average Bonchev–Trinajstić information content (AvgIpc) is 2.40. The molecule has 1 heterocycles. The summed E-state index contributed by atoms with van der Waals surface area (Å²) in [6.45, 7) is 4.87. The van der Waals surface area contributed by atoms with Crippen molar-refractivity contribution in [1.82, 2.24) is 9.80 Å². The maximum absolute atomic E-state index is 9.30. The highest BCUT2D eigenvalue weighted by Crippen LogP contribution is 2.26. The van der Waals surface area contributed by atoms with E-state index in [1.807, 2.05) is 0 Å². The number of hydrogen-bond donors (Lipinski definition) is 1. The van der Waals surface area contributed by atoms with Crippen LogP contribution in [-0.4, -0.2) is 60.8 Å². The van der Waals surface area contributed by atoms with E-state index >= 15 is 0 Å². The predicted molar refractivity (Wildman–Crippen MR) is 75.8 cm³/mol. The molecule has 0 aromatic rings. The minimum Gasteiger partial charge on any atom is -0.395 e. The first-order valence-corrected chi connectivity index (χ1v) is 7.83. The van der Waals surface area contributed by atoms with Crippen molar-refractivity contribution in [2.24, 2.45) is 5.92 Å². The molecule has 106 valence electrons. The number of aliphatic hydroxyl groups is 1. The van der Waals surface area contributed by atoms with Gasteiger partial charge in [0.25, 0.3) is 0 Å². The van der Waals surface area contributed by atoms with Gasteiger partial charge in [0.2, 0.25) is 0 Å². The molecular weight excluding hydrogens is 224 g/mol. The van der Waals surface area contributed by atoms with Crippen LogP contribution in [0.2, 0.25) is 0 Å². The van der Waals surface area contributed by atoms with Gasteiger partial charge in [-0.3, -0.25) is 4.90 Å². The lowest BCUT2D eigenvalue weighted by Gasteiger charge is -2.39. The zero-order valence-electron chi connectivity index (χ0n) is 12.0. The van der Waals surface area contributed by atoms with E-state index in [1.54, 1.807) is 0 Å². The Balaban J connectivity index is 1.82. The summed E-state index contributed by atoms with van der Waals surface area (Å²) >= 11 is 0. The molecule has 0 unspecified atom stereocenters. The molecule has 18 heavy (non-hydrogen) atoms. The number of likely N-dealkylation sites (tertiary alicyclic amines) is 1. The summed E-state index contributed by atoms with van der Waals surface area (Å²) in [5.74, 6) is 0.893. The number of rotatable bonds is 5. The highest BCUT2D eigenvalue weighted by atomic mass is 16.3. The quantitative estimate of drug-likeness (QED) is 0.812.